The highest BCUT2D eigenvalue weighted by molar-refractivity contribution is 6.07. The molecular formula is C25H14F4. The van der Waals surface area contributed by atoms with Gasteiger partial charge in [0.25, 0.3) is 0 Å². The largest absolute Gasteiger partial charge is 0.206 e. The predicted octanol–water partition coefficient (Wildman–Crippen LogP) is 7.16. The van der Waals surface area contributed by atoms with Crippen LogP contribution in [0, 0.1) is 23.3 Å². The van der Waals surface area contributed by atoms with E-state index in [2.05, 4.69) is 0 Å². The lowest BCUT2D eigenvalue weighted by atomic mass is 9.83. The predicted molar refractivity (Wildman–Crippen MR) is 107 cm³/mol. The van der Waals surface area contributed by atoms with Crippen LogP contribution in [0.3, 0.4) is 0 Å². The van der Waals surface area contributed by atoms with Gasteiger partial charge in [0, 0.05) is 5.56 Å². The molecule has 0 heterocycles. The molecule has 0 N–H and O–H groups in total. The lowest BCUT2D eigenvalue weighted by molar-refractivity contribution is 0.576. The molecule has 0 saturated carbocycles. The molecule has 0 aromatic heterocycles. The van der Waals surface area contributed by atoms with Crippen LogP contribution < -0.4 is 0 Å². The van der Waals surface area contributed by atoms with Gasteiger partial charge < -0.3 is 0 Å². The van der Waals surface area contributed by atoms with Gasteiger partial charge in [-0.15, -0.1) is 0 Å². The number of halogens is 4. The number of hydrogen-bond donors (Lipinski definition) is 0. The average Bonchev–Trinajstić information content (AvgIpc) is 2.69. The van der Waals surface area contributed by atoms with Crippen molar-refractivity contribution in [3.8, 4) is 11.1 Å². The number of hydrogen-bond acceptors (Lipinski definition) is 0. The monoisotopic (exact) mass is 390 g/mol. The summed E-state index contributed by atoms with van der Waals surface area (Å²) in [6, 6.07) is 16.5. The maximum atomic E-state index is 14.4. The molecule has 29 heavy (non-hydrogen) atoms. The van der Waals surface area contributed by atoms with Gasteiger partial charge in [-0.3, -0.25) is 0 Å². The standard InChI is InChI=1S/C25H14F4/c26-19-6-2-7-20(27)24(19)16-12-14-4-1-5-17-18(11-10-15(13-16)23(14)17)25-21(28)8-3-9-22(25)29/h1-12H,13H2. The Labute approximate surface area is 164 Å². The first-order valence-corrected chi connectivity index (χ1v) is 9.18. The first-order chi connectivity index (χ1) is 14.0. The lowest BCUT2D eigenvalue weighted by Gasteiger charge is -2.21. The molecule has 0 saturated heterocycles. The van der Waals surface area contributed by atoms with Crippen molar-refractivity contribution in [3.05, 3.63) is 107 Å². The zero-order valence-electron chi connectivity index (χ0n) is 15.1. The van der Waals surface area contributed by atoms with Gasteiger partial charge in [0.15, 0.2) is 0 Å². The molecule has 4 aromatic rings. The molecule has 0 unspecified atom stereocenters. The Morgan fingerprint density at radius 1 is 0.586 bits per heavy atom. The van der Waals surface area contributed by atoms with Crippen LogP contribution in [0.4, 0.5) is 17.6 Å². The number of allylic oxidation sites excluding steroid dienone is 1. The van der Waals surface area contributed by atoms with Gasteiger partial charge in [-0.2, -0.15) is 0 Å². The summed E-state index contributed by atoms with van der Waals surface area (Å²) in [6.07, 6.45) is 2.07. The molecule has 1 aliphatic rings. The highest BCUT2D eigenvalue weighted by atomic mass is 19.1. The Kier molecular flexibility index (Phi) is 4.02. The summed E-state index contributed by atoms with van der Waals surface area (Å²) in [7, 11) is 0. The highest BCUT2D eigenvalue weighted by Crippen LogP contribution is 2.41. The van der Waals surface area contributed by atoms with E-state index in [0.29, 0.717) is 22.9 Å². The molecular weight excluding hydrogens is 376 g/mol. The van der Waals surface area contributed by atoms with E-state index in [4.69, 9.17) is 0 Å². The third-order valence-corrected chi connectivity index (χ3v) is 5.39. The summed E-state index contributed by atoms with van der Waals surface area (Å²) >= 11 is 0. The van der Waals surface area contributed by atoms with Crippen LogP contribution in [-0.4, -0.2) is 0 Å². The molecule has 0 fully saturated rings. The molecule has 0 aliphatic heterocycles. The minimum atomic E-state index is -0.633. The SMILES string of the molecule is Fc1cccc(F)c1C1=Cc2cccc3c(-c4c(F)cccc4F)ccc(c23)C1. The minimum absolute atomic E-state index is 0.0422. The van der Waals surface area contributed by atoms with Crippen LogP contribution in [0.15, 0.2) is 66.7 Å². The smallest absolute Gasteiger partial charge is 0.133 e. The number of benzene rings is 4. The molecule has 0 radical (unpaired) electrons. The average molecular weight is 390 g/mol. The van der Waals surface area contributed by atoms with Crippen LogP contribution in [0.5, 0.6) is 0 Å². The van der Waals surface area contributed by atoms with E-state index in [1.165, 1.54) is 36.4 Å². The Balaban J connectivity index is 1.77. The van der Waals surface area contributed by atoms with Gasteiger partial charge in [0.05, 0.1) is 5.56 Å². The fourth-order valence-corrected chi connectivity index (χ4v) is 4.16. The Morgan fingerprint density at radius 2 is 1.17 bits per heavy atom. The normalized spacial score (nSPS) is 12.9. The molecule has 5 rings (SSSR count). The van der Waals surface area contributed by atoms with Crippen molar-refractivity contribution in [2.75, 3.05) is 0 Å². The molecule has 4 heteroatoms. The third-order valence-electron chi connectivity index (χ3n) is 5.39. The van der Waals surface area contributed by atoms with E-state index in [-0.39, 0.29) is 11.1 Å². The summed E-state index contributed by atoms with van der Waals surface area (Å²) in [5.41, 5.74) is 2.49. The molecule has 0 nitrogen and oxygen atoms in total. The van der Waals surface area contributed by atoms with Gasteiger partial charge in [-0.05, 0) is 69.8 Å². The lowest BCUT2D eigenvalue weighted by Crippen LogP contribution is -2.04. The zero-order valence-corrected chi connectivity index (χ0v) is 15.1. The van der Waals surface area contributed by atoms with Crippen LogP contribution >= 0.6 is 0 Å². The topological polar surface area (TPSA) is 0 Å². The molecule has 0 atom stereocenters. The van der Waals surface area contributed by atoms with E-state index >= 15 is 0 Å². The van der Waals surface area contributed by atoms with E-state index in [1.54, 1.807) is 24.3 Å². The van der Waals surface area contributed by atoms with Crippen molar-refractivity contribution in [1.29, 1.82) is 0 Å². The van der Waals surface area contributed by atoms with Crippen molar-refractivity contribution in [2.24, 2.45) is 0 Å². The summed E-state index contributed by atoms with van der Waals surface area (Å²) < 4.78 is 57.4. The van der Waals surface area contributed by atoms with Crippen molar-refractivity contribution >= 4 is 22.4 Å². The highest BCUT2D eigenvalue weighted by Gasteiger charge is 2.22. The van der Waals surface area contributed by atoms with Crippen LogP contribution in [0.25, 0.3) is 33.5 Å². The maximum Gasteiger partial charge on any atom is 0.133 e. The van der Waals surface area contributed by atoms with Crippen LogP contribution in [-0.2, 0) is 6.42 Å². The van der Waals surface area contributed by atoms with E-state index in [0.717, 1.165) is 16.5 Å². The molecule has 1 aliphatic carbocycles. The first kappa shape index (κ1) is 17.7. The van der Waals surface area contributed by atoms with E-state index in [1.807, 2.05) is 12.1 Å². The molecule has 0 amide bonds. The van der Waals surface area contributed by atoms with Crippen LogP contribution in [0.2, 0.25) is 0 Å². The summed E-state index contributed by atoms with van der Waals surface area (Å²) in [6.45, 7) is 0. The minimum Gasteiger partial charge on any atom is -0.206 e. The van der Waals surface area contributed by atoms with Crippen molar-refractivity contribution < 1.29 is 17.6 Å². The summed E-state index contributed by atoms with van der Waals surface area (Å²) in [5.74, 6) is -2.49. The summed E-state index contributed by atoms with van der Waals surface area (Å²) in [5, 5.41) is 1.54. The number of rotatable bonds is 2. The second-order valence-corrected chi connectivity index (χ2v) is 7.08. The first-order valence-electron chi connectivity index (χ1n) is 9.18. The second kappa shape index (κ2) is 6.59. The van der Waals surface area contributed by atoms with Gasteiger partial charge in [-0.25, -0.2) is 17.6 Å². The molecule has 142 valence electrons. The third kappa shape index (κ3) is 2.75. The Hall–Kier alpha value is -3.40. The van der Waals surface area contributed by atoms with Crippen LogP contribution in [0.1, 0.15) is 16.7 Å². The van der Waals surface area contributed by atoms with Crippen molar-refractivity contribution in [2.45, 2.75) is 6.42 Å². The zero-order chi connectivity index (χ0) is 20.1. The summed E-state index contributed by atoms with van der Waals surface area (Å²) in [4.78, 5) is 0. The van der Waals surface area contributed by atoms with E-state index < -0.39 is 23.3 Å². The van der Waals surface area contributed by atoms with Crippen molar-refractivity contribution in [1.82, 2.24) is 0 Å². The molecule has 0 bridgehead atoms. The van der Waals surface area contributed by atoms with Gasteiger partial charge in [0.2, 0.25) is 0 Å². The maximum absolute atomic E-state index is 14.4. The van der Waals surface area contributed by atoms with E-state index in [9.17, 15) is 17.6 Å². The second-order valence-electron chi connectivity index (χ2n) is 7.08. The van der Waals surface area contributed by atoms with Gasteiger partial charge in [-0.1, -0.05) is 42.5 Å². The Morgan fingerprint density at radius 3 is 1.83 bits per heavy atom. The van der Waals surface area contributed by atoms with Crippen molar-refractivity contribution in [3.63, 3.8) is 0 Å². The molecule has 4 aromatic carbocycles. The molecule has 0 spiro atoms. The van der Waals surface area contributed by atoms with Gasteiger partial charge >= 0.3 is 0 Å². The Bertz CT molecular complexity index is 1280. The quantitative estimate of drug-likeness (QED) is 0.319. The fourth-order valence-electron chi connectivity index (χ4n) is 4.16. The van der Waals surface area contributed by atoms with Gasteiger partial charge in [0.1, 0.15) is 23.3 Å². The fraction of sp³-hybridized carbons (Fsp3) is 0.0400.